The number of carboxylic acid groups (broad SMARTS) is 1. The molecule has 1 unspecified atom stereocenters. The Bertz CT molecular complexity index is 135. The molecule has 13 heavy (non-hydrogen) atoms. The standard InChI is InChI=1S/C9H19NO3/c1-2-8(7-11)10-6-4-3-5-9(12)13/h8,10-11H,2-7H2,1H3,(H,12,13). The Morgan fingerprint density at radius 1 is 1.46 bits per heavy atom. The maximum atomic E-state index is 10.1. The van der Waals surface area contributed by atoms with Crippen LogP contribution >= 0.6 is 0 Å². The first-order valence-electron chi connectivity index (χ1n) is 4.76. The summed E-state index contributed by atoms with van der Waals surface area (Å²) in [4.78, 5) is 10.1. The monoisotopic (exact) mass is 189 g/mol. The molecule has 0 saturated carbocycles. The fourth-order valence-electron chi connectivity index (χ4n) is 1.05. The second-order valence-electron chi connectivity index (χ2n) is 3.09. The molecule has 0 fully saturated rings. The van der Waals surface area contributed by atoms with E-state index < -0.39 is 5.97 Å². The lowest BCUT2D eigenvalue weighted by Gasteiger charge is -2.12. The van der Waals surface area contributed by atoms with E-state index in [1.807, 2.05) is 6.92 Å². The minimum atomic E-state index is -0.741. The van der Waals surface area contributed by atoms with E-state index in [9.17, 15) is 4.79 Å². The molecule has 0 aromatic rings. The summed E-state index contributed by atoms with van der Waals surface area (Å²) in [6.07, 6.45) is 2.68. The van der Waals surface area contributed by atoms with Gasteiger partial charge in [0.2, 0.25) is 0 Å². The summed E-state index contributed by atoms with van der Waals surface area (Å²) in [6.45, 7) is 2.94. The van der Waals surface area contributed by atoms with Gasteiger partial charge in [-0.3, -0.25) is 4.79 Å². The molecule has 0 saturated heterocycles. The molecule has 0 aliphatic heterocycles. The van der Waals surface area contributed by atoms with Gasteiger partial charge in [-0.05, 0) is 25.8 Å². The lowest BCUT2D eigenvalue weighted by molar-refractivity contribution is -0.137. The molecule has 0 aromatic heterocycles. The largest absolute Gasteiger partial charge is 0.481 e. The van der Waals surface area contributed by atoms with Crippen molar-refractivity contribution in [3.05, 3.63) is 0 Å². The summed E-state index contributed by atoms with van der Waals surface area (Å²) in [5, 5.41) is 20.3. The molecule has 0 aromatic carbocycles. The van der Waals surface area contributed by atoms with Crippen LogP contribution in [0, 0.1) is 0 Å². The smallest absolute Gasteiger partial charge is 0.303 e. The van der Waals surface area contributed by atoms with Crippen molar-refractivity contribution in [3.63, 3.8) is 0 Å². The third kappa shape index (κ3) is 7.74. The number of nitrogens with one attached hydrogen (secondary N) is 1. The average Bonchev–Trinajstić information content (AvgIpc) is 2.11. The molecule has 0 radical (unpaired) electrons. The summed E-state index contributed by atoms with van der Waals surface area (Å²) in [7, 11) is 0. The fraction of sp³-hybridized carbons (Fsp3) is 0.889. The summed E-state index contributed by atoms with van der Waals surface area (Å²) in [5.74, 6) is -0.741. The Labute approximate surface area is 79.0 Å². The number of aliphatic hydroxyl groups excluding tert-OH is 1. The Balaban J connectivity index is 3.19. The van der Waals surface area contributed by atoms with Gasteiger partial charge in [0.05, 0.1) is 6.61 Å². The SMILES string of the molecule is CCC(CO)NCCCCC(=O)O. The molecule has 1 atom stereocenters. The Kier molecular flexibility index (Phi) is 7.63. The third-order valence-corrected chi connectivity index (χ3v) is 1.96. The average molecular weight is 189 g/mol. The van der Waals surface area contributed by atoms with Gasteiger partial charge in [-0.15, -0.1) is 0 Å². The number of rotatable bonds is 8. The van der Waals surface area contributed by atoms with Crippen LogP contribution in [0.3, 0.4) is 0 Å². The predicted octanol–water partition coefficient (Wildman–Crippen LogP) is 0.602. The summed E-state index contributed by atoms with van der Waals surface area (Å²) >= 11 is 0. The van der Waals surface area contributed by atoms with E-state index in [0.29, 0.717) is 6.42 Å². The molecular weight excluding hydrogens is 170 g/mol. The number of carboxylic acids is 1. The second kappa shape index (κ2) is 8.01. The zero-order valence-corrected chi connectivity index (χ0v) is 8.12. The lowest BCUT2D eigenvalue weighted by Crippen LogP contribution is -2.32. The zero-order chi connectivity index (χ0) is 10.1. The van der Waals surface area contributed by atoms with E-state index in [2.05, 4.69) is 5.32 Å². The van der Waals surface area contributed by atoms with Crippen molar-refractivity contribution in [2.24, 2.45) is 0 Å². The van der Waals surface area contributed by atoms with E-state index in [1.54, 1.807) is 0 Å². The van der Waals surface area contributed by atoms with Crippen molar-refractivity contribution >= 4 is 5.97 Å². The van der Waals surface area contributed by atoms with E-state index in [0.717, 1.165) is 19.4 Å². The van der Waals surface area contributed by atoms with Crippen molar-refractivity contribution in [1.29, 1.82) is 0 Å². The quantitative estimate of drug-likeness (QED) is 0.489. The number of hydrogen-bond donors (Lipinski definition) is 3. The van der Waals surface area contributed by atoms with Crippen LogP contribution in [-0.2, 0) is 4.79 Å². The van der Waals surface area contributed by atoms with Gasteiger partial charge in [-0.2, -0.15) is 0 Å². The van der Waals surface area contributed by atoms with Gasteiger partial charge in [0.25, 0.3) is 0 Å². The molecule has 0 aliphatic rings. The zero-order valence-electron chi connectivity index (χ0n) is 8.12. The highest BCUT2D eigenvalue weighted by molar-refractivity contribution is 5.66. The van der Waals surface area contributed by atoms with E-state index in [4.69, 9.17) is 10.2 Å². The molecule has 0 heterocycles. The highest BCUT2D eigenvalue weighted by Crippen LogP contribution is 1.95. The molecule has 4 heteroatoms. The maximum Gasteiger partial charge on any atom is 0.303 e. The maximum absolute atomic E-state index is 10.1. The molecule has 0 amide bonds. The molecule has 78 valence electrons. The predicted molar refractivity (Wildman–Crippen MR) is 50.7 cm³/mol. The van der Waals surface area contributed by atoms with Crippen LogP contribution in [0.4, 0.5) is 0 Å². The first-order chi connectivity index (χ1) is 6.20. The van der Waals surface area contributed by atoms with Crippen molar-refractivity contribution < 1.29 is 15.0 Å². The molecular formula is C9H19NO3. The molecule has 4 nitrogen and oxygen atoms in total. The van der Waals surface area contributed by atoms with E-state index >= 15 is 0 Å². The number of unbranched alkanes of at least 4 members (excludes halogenated alkanes) is 1. The Morgan fingerprint density at radius 2 is 2.15 bits per heavy atom. The van der Waals surface area contributed by atoms with Gasteiger partial charge in [0.1, 0.15) is 0 Å². The number of aliphatic hydroxyl groups is 1. The van der Waals surface area contributed by atoms with Crippen molar-refractivity contribution in [2.45, 2.75) is 38.6 Å². The first kappa shape index (κ1) is 12.4. The summed E-state index contributed by atoms with van der Waals surface area (Å²) < 4.78 is 0. The molecule has 0 spiro atoms. The van der Waals surface area contributed by atoms with Crippen LogP contribution in [0.5, 0.6) is 0 Å². The minimum absolute atomic E-state index is 0.148. The van der Waals surface area contributed by atoms with Crippen LogP contribution in [-0.4, -0.2) is 35.4 Å². The van der Waals surface area contributed by atoms with Gasteiger partial charge >= 0.3 is 5.97 Å². The number of hydrogen-bond acceptors (Lipinski definition) is 3. The van der Waals surface area contributed by atoms with Crippen molar-refractivity contribution in [1.82, 2.24) is 5.32 Å². The van der Waals surface area contributed by atoms with Gasteiger partial charge in [-0.25, -0.2) is 0 Å². The Hall–Kier alpha value is -0.610. The van der Waals surface area contributed by atoms with Crippen LogP contribution in [0.1, 0.15) is 32.6 Å². The molecule has 3 N–H and O–H groups in total. The lowest BCUT2D eigenvalue weighted by atomic mass is 10.2. The summed E-state index contributed by atoms with van der Waals surface area (Å²) in [5.41, 5.74) is 0. The topological polar surface area (TPSA) is 69.6 Å². The van der Waals surface area contributed by atoms with Crippen molar-refractivity contribution in [2.75, 3.05) is 13.2 Å². The van der Waals surface area contributed by atoms with E-state index in [1.165, 1.54) is 0 Å². The molecule has 0 rings (SSSR count). The van der Waals surface area contributed by atoms with Crippen LogP contribution in [0.25, 0.3) is 0 Å². The number of carbonyl (C=O) groups is 1. The van der Waals surface area contributed by atoms with Crippen LogP contribution in [0.15, 0.2) is 0 Å². The van der Waals surface area contributed by atoms with Gasteiger partial charge in [0, 0.05) is 12.5 Å². The molecule has 0 aliphatic carbocycles. The Morgan fingerprint density at radius 3 is 2.62 bits per heavy atom. The van der Waals surface area contributed by atoms with Crippen LogP contribution < -0.4 is 5.32 Å². The van der Waals surface area contributed by atoms with Crippen molar-refractivity contribution in [3.8, 4) is 0 Å². The van der Waals surface area contributed by atoms with Gasteiger partial charge in [-0.1, -0.05) is 6.92 Å². The normalized spacial score (nSPS) is 12.8. The van der Waals surface area contributed by atoms with Crippen LogP contribution in [0.2, 0.25) is 0 Å². The van der Waals surface area contributed by atoms with Gasteiger partial charge in [0.15, 0.2) is 0 Å². The highest BCUT2D eigenvalue weighted by atomic mass is 16.4. The fourth-order valence-corrected chi connectivity index (χ4v) is 1.05. The van der Waals surface area contributed by atoms with E-state index in [-0.39, 0.29) is 19.1 Å². The second-order valence-corrected chi connectivity index (χ2v) is 3.09. The minimum Gasteiger partial charge on any atom is -0.481 e. The molecule has 0 bridgehead atoms. The van der Waals surface area contributed by atoms with Gasteiger partial charge < -0.3 is 15.5 Å². The highest BCUT2D eigenvalue weighted by Gasteiger charge is 2.02. The number of aliphatic carboxylic acids is 1. The first-order valence-corrected chi connectivity index (χ1v) is 4.76. The third-order valence-electron chi connectivity index (χ3n) is 1.96. The summed E-state index contributed by atoms with van der Waals surface area (Å²) in [6, 6.07) is 0.157.